The number of rotatable bonds is 3. The lowest BCUT2D eigenvalue weighted by atomic mass is 10.2. The summed E-state index contributed by atoms with van der Waals surface area (Å²) in [5, 5.41) is 3.17. The number of hydrogen-bond donors (Lipinski definition) is 1. The minimum absolute atomic E-state index is 0.218. The van der Waals surface area contributed by atoms with Crippen LogP contribution in [0.4, 0.5) is 10.1 Å². The van der Waals surface area contributed by atoms with E-state index in [1.807, 2.05) is 38.1 Å². The van der Waals surface area contributed by atoms with Gasteiger partial charge in [-0.15, -0.1) is 0 Å². The number of anilines is 1. The minimum atomic E-state index is -0.218. The molecular weight excluding hydrogens is 215 g/mol. The Hall–Kier alpha value is -1.90. The zero-order chi connectivity index (χ0) is 12.3. The van der Waals surface area contributed by atoms with Crippen molar-refractivity contribution < 1.29 is 4.39 Å². The monoisotopic (exact) mass is 230 g/mol. The van der Waals surface area contributed by atoms with Gasteiger partial charge < -0.3 is 5.32 Å². The molecule has 1 aromatic heterocycles. The first kappa shape index (κ1) is 11.6. The lowest BCUT2D eigenvalue weighted by Gasteiger charge is -2.07. The standard InChI is InChI=1S/C14H15FN2/c1-10-6-12(15)8-14(7-10)16-9-13-5-3-4-11(2)17-13/h3-8,16H,9H2,1-2H3. The molecule has 0 spiro atoms. The second-order valence-corrected chi connectivity index (χ2v) is 4.14. The summed E-state index contributed by atoms with van der Waals surface area (Å²) >= 11 is 0. The average molecular weight is 230 g/mol. The maximum absolute atomic E-state index is 13.2. The zero-order valence-corrected chi connectivity index (χ0v) is 10.00. The van der Waals surface area contributed by atoms with Gasteiger partial charge in [-0.1, -0.05) is 6.07 Å². The molecule has 0 aliphatic heterocycles. The van der Waals surface area contributed by atoms with Gasteiger partial charge in [-0.05, 0) is 49.7 Å². The average Bonchev–Trinajstić information content (AvgIpc) is 2.25. The van der Waals surface area contributed by atoms with E-state index in [1.54, 1.807) is 0 Å². The highest BCUT2D eigenvalue weighted by Gasteiger charge is 1.99. The first-order valence-electron chi connectivity index (χ1n) is 5.57. The summed E-state index contributed by atoms with van der Waals surface area (Å²) in [7, 11) is 0. The summed E-state index contributed by atoms with van der Waals surface area (Å²) in [5.41, 5.74) is 3.63. The Morgan fingerprint density at radius 1 is 1.18 bits per heavy atom. The molecule has 0 radical (unpaired) electrons. The molecule has 1 N–H and O–H groups in total. The van der Waals surface area contributed by atoms with E-state index in [1.165, 1.54) is 12.1 Å². The maximum Gasteiger partial charge on any atom is 0.125 e. The van der Waals surface area contributed by atoms with Crippen molar-refractivity contribution in [3.8, 4) is 0 Å². The van der Waals surface area contributed by atoms with E-state index in [0.29, 0.717) is 6.54 Å². The Bertz CT molecular complexity index is 503. The highest BCUT2D eigenvalue weighted by Crippen LogP contribution is 2.14. The van der Waals surface area contributed by atoms with Crippen LogP contribution >= 0.6 is 0 Å². The SMILES string of the molecule is Cc1cc(F)cc(NCc2cccc(C)n2)c1. The summed E-state index contributed by atoms with van der Waals surface area (Å²) in [4.78, 5) is 4.38. The van der Waals surface area contributed by atoms with Crippen molar-refractivity contribution >= 4 is 5.69 Å². The molecule has 17 heavy (non-hydrogen) atoms. The highest BCUT2D eigenvalue weighted by atomic mass is 19.1. The van der Waals surface area contributed by atoms with Gasteiger partial charge in [-0.25, -0.2) is 4.39 Å². The predicted octanol–water partition coefficient (Wildman–Crippen LogP) is 3.45. The summed E-state index contributed by atoms with van der Waals surface area (Å²) in [6.07, 6.45) is 0. The third-order valence-electron chi connectivity index (χ3n) is 2.46. The Morgan fingerprint density at radius 3 is 2.71 bits per heavy atom. The van der Waals surface area contributed by atoms with E-state index < -0.39 is 0 Å². The van der Waals surface area contributed by atoms with Gasteiger partial charge in [0.05, 0.1) is 12.2 Å². The van der Waals surface area contributed by atoms with Gasteiger partial charge in [0, 0.05) is 11.4 Å². The fourth-order valence-corrected chi connectivity index (χ4v) is 1.73. The molecule has 2 nitrogen and oxygen atoms in total. The second-order valence-electron chi connectivity index (χ2n) is 4.14. The molecule has 0 amide bonds. The van der Waals surface area contributed by atoms with E-state index in [0.717, 1.165) is 22.6 Å². The first-order valence-corrected chi connectivity index (χ1v) is 5.57. The molecule has 0 aliphatic carbocycles. The number of aromatic nitrogens is 1. The fourth-order valence-electron chi connectivity index (χ4n) is 1.73. The van der Waals surface area contributed by atoms with Crippen LogP contribution in [0.3, 0.4) is 0 Å². The van der Waals surface area contributed by atoms with Crippen molar-refractivity contribution in [3.05, 3.63) is 59.2 Å². The second kappa shape index (κ2) is 4.95. The largest absolute Gasteiger partial charge is 0.379 e. The number of hydrogen-bond acceptors (Lipinski definition) is 2. The van der Waals surface area contributed by atoms with Crippen molar-refractivity contribution in [3.63, 3.8) is 0 Å². The summed E-state index contributed by atoms with van der Waals surface area (Å²) in [6, 6.07) is 10.8. The molecular formula is C14H15FN2. The fraction of sp³-hybridized carbons (Fsp3) is 0.214. The molecule has 0 atom stereocenters. The molecule has 1 aromatic carbocycles. The Morgan fingerprint density at radius 2 is 2.00 bits per heavy atom. The van der Waals surface area contributed by atoms with Gasteiger partial charge in [-0.2, -0.15) is 0 Å². The molecule has 0 saturated heterocycles. The van der Waals surface area contributed by atoms with Gasteiger partial charge in [-0.3, -0.25) is 4.98 Å². The number of halogens is 1. The summed E-state index contributed by atoms with van der Waals surface area (Å²) in [5.74, 6) is -0.218. The van der Waals surface area contributed by atoms with E-state index in [2.05, 4.69) is 10.3 Å². The van der Waals surface area contributed by atoms with E-state index in [9.17, 15) is 4.39 Å². The molecule has 2 aromatic rings. The maximum atomic E-state index is 13.2. The molecule has 0 saturated carbocycles. The summed E-state index contributed by atoms with van der Waals surface area (Å²) < 4.78 is 13.2. The minimum Gasteiger partial charge on any atom is -0.379 e. The number of pyridine rings is 1. The molecule has 0 aliphatic rings. The number of nitrogens with zero attached hydrogens (tertiary/aromatic N) is 1. The van der Waals surface area contributed by atoms with Crippen LogP contribution in [-0.4, -0.2) is 4.98 Å². The molecule has 0 unspecified atom stereocenters. The molecule has 3 heteroatoms. The Balaban J connectivity index is 2.07. The molecule has 88 valence electrons. The van der Waals surface area contributed by atoms with E-state index in [-0.39, 0.29) is 5.82 Å². The molecule has 2 rings (SSSR count). The van der Waals surface area contributed by atoms with Crippen molar-refractivity contribution in [1.82, 2.24) is 4.98 Å². The Kier molecular flexibility index (Phi) is 3.38. The van der Waals surface area contributed by atoms with Crippen LogP contribution in [0.25, 0.3) is 0 Å². The van der Waals surface area contributed by atoms with Gasteiger partial charge in [0.2, 0.25) is 0 Å². The van der Waals surface area contributed by atoms with Gasteiger partial charge in [0.1, 0.15) is 5.82 Å². The zero-order valence-electron chi connectivity index (χ0n) is 10.00. The van der Waals surface area contributed by atoms with Gasteiger partial charge in [0.25, 0.3) is 0 Å². The van der Waals surface area contributed by atoms with Crippen LogP contribution in [0, 0.1) is 19.7 Å². The third-order valence-corrected chi connectivity index (χ3v) is 2.46. The van der Waals surface area contributed by atoms with Crippen molar-refractivity contribution in [1.29, 1.82) is 0 Å². The van der Waals surface area contributed by atoms with Gasteiger partial charge in [0.15, 0.2) is 0 Å². The lowest BCUT2D eigenvalue weighted by molar-refractivity contribution is 0.627. The van der Waals surface area contributed by atoms with Crippen molar-refractivity contribution in [2.45, 2.75) is 20.4 Å². The predicted molar refractivity (Wildman–Crippen MR) is 67.4 cm³/mol. The lowest BCUT2D eigenvalue weighted by Crippen LogP contribution is -2.02. The van der Waals surface area contributed by atoms with Crippen LogP contribution in [-0.2, 0) is 6.54 Å². The first-order chi connectivity index (χ1) is 8.13. The van der Waals surface area contributed by atoms with Crippen molar-refractivity contribution in [2.75, 3.05) is 5.32 Å². The smallest absolute Gasteiger partial charge is 0.125 e. The quantitative estimate of drug-likeness (QED) is 0.873. The normalized spacial score (nSPS) is 10.3. The number of aryl methyl sites for hydroxylation is 2. The van der Waals surface area contributed by atoms with Crippen LogP contribution in [0.5, 0.6) is 0 Å². The van der Waals surface area contributed by atoms with Crippen LogP contribution in [0.1, 0.15) is 17.0 Å². The highest BCUT2D eigenvalue weighted by molar-refractivity contribution is 5.46. The molecule has 0 bridgehead atoms. The van der Waals surface area contributed by atoms with E-state index in [4.69, 9.17) is 0 Å². The molecule has 1 heterocycles. The van der Waals surface area contributed by atoms with Crippen LogP contribution in [0.15, 0.2) is 36.4 Å². The van der Waals surface area contributed by atoms with Gasteiger partial charge >= 0.3 is 0 Å². The number of benzene rings is 1. The Labute approximate surface area is 101 Å². The topological polar surface area (TPSA) is 24.9 Å². The summed E-state index contributed by atoms with van der Waals surface area (Å²) in [6.45, 7) is 4.43. The van der Waals surface area contributed by atoms with Crippen LogP contribution in [0.2, 0.25) is 0 Å². The van der Waals surface area contributed by atoms with Crippen LogP contribution < -0.4 is 5.32 Å². The van der Waals surface area contributed by atoms with E-state index >= 15 is 0 Å². The third kappa shape index (κ3) is 3.28. The number of nitrogens with one attached hydrogen (secondary N) is 1. The molecule has 0 fully saturated rings. The van der Waals surface area contributed by atoms with Crippen molar-refractivity contribution in [2.24, 2.45) is 0 Å².